The summed E-state index contributed by atoms with van der Waals surface area (Å²) in [5.74, 6) is 0.256. The molecule has 16 heavy (non-hydrogen) atoms. The highest BCUT2D eigenvalue weighted by atomic mass is 16.5. The lowest BCUT2D eigenvalue weighted by molar-refractivity contribution is -0.0634. The summed E-state index contributed by atoms with van der Waals surface area (Å²) >= 11 is 0. The van der Waals surface area contributed by atoms with Crippen molar-refractivity contribution in [1.29, 1.82) is 0 Å². The molecule has 0 aromatic rings. The van der Waals surface area contributed by atoms with Crippen LogP contribution >= 0.6 is 0 Å². The molecule has 2 unspecified atom stereocenters. The van der Waals surface area contributed by atoms with Gasteiger partial charge >= 0.3 is 0 Å². The first-order valence-corrected chi connectivity index (χ1v) is 5.86. The van der Waals surface area contributed by atoms with Crippen molar-refractivity contribution < 1.29 is 9.94 Å². The Morgan fingerprint density at radius 2 is 2.38 bits per heavy atom. The highest BCUT2D eigenvalue weighted by Gasteiger charge is 2.30. The van der Waals surface area contributed by atoms with Gasteiger partial charge in [-0.15, -0.1) is 0 Å². The van der Waals surface area contributed by atoms with Crippen LogP contribution < -0.4 is 11.1 Å². The maximum atomic E-state index is 8.67. The number of hydrogen-bond donors (Lipinski definition) is 3. The zero-order valence-electron chi connectivity index (χ0n) is 10.4. The molecule has 5 nitrogen and oxygen atoms in total. The van der Waals surface area contributed by atoms with Gasteiger partial charge in [-0.25, -0.2) is 0 Å². The average molecular weight is 229 g/mol. The fourth-order valence-electron chi connectivity index (χ4n) is 2.14. The van der Waals surface area contributed by atoms with Crippen LogP contribution in [0.25, 0.3) is 0 Å². The van der Waals surface area contributed by atoms with Crippen molar-refractivity contribution in [3.8, 4) is 0 Å². The second-order valence-electron chi connectivity index (χ2n) is 4.95. The van der Waals surface area contributed by atoms with Gasteiger partial charge in [0, 0.05) is 12.6 Å². The molecule has 1 aliphatic rings. The van der Waals surface area contributed by atoms with Gasteiger partial charge in [0.15, 0.2) is 5.84 Å². The van der Waals surface area contributed by atoms with Crippen LogP contribution in [0.4, 0.5) is 0 Å². The molecular weight excluding hydrogens is 206 g/mol. The molecule has 2 atom stereocenters. The molecular formula is C11H23N3O2. The van der Waals surface area contributed by atoms with Crippen LogP contribution in [-0.4, -0.2) is 35.3 Å². The van der Waals surface area contributed by atoms with Crippen molar-refractivity contribution in [3.05, 3.63) is 0 Å². The lowest BCUT2D eigenvalue weighted by Crippen LogP contribution is -2.51. The van der Waals surface area contributed by atoms with E-state index in [1.165, 1.54) is 0 Å². The first-order valence-electron chi connectivity index (χ1n) is 5.86. The normalized spacial score (nSPS) is 27.7. The van der Waals surface area contributed by atoms with Gasteiger partial charge in [0.1, 0.15) is 0 Å². The van der Waals surface area contributed by atoms with Gasteiger partial charge in [-0.3, -0.25) is 0 Å². The summed E-state index contributed by atoms with van der Waals surface area (Å²) in [6, 6.07) is 0.317. The molecule has 5 heteroatoms. The number of oxime groups is 1. The number of ether oxygens (including phenoxy) is 1. The number of rotatable bonds is 4. The Labute approximate surface area is 97.0 Å². The number of hydrogen-bond acceptors (Lipinski definition) is 4. The Balaban J connectivity index is 2.52. The van der Waals surface area contributed by atoms with Gasteiger partial charge < -0.3 is 21.0 Å². The fraction of sp³-hybridized carbons (Fsp3) is 0.909. The molecule has 0 amide bonds. The van der Waals surface area contributed by atoms with E-state index in [1.807, 2.05) is 6.92 Å². The molecule has 1 saturated heterocycles. The molecule has 0 radical (unpaired) electrons. The molecule has 1 fully saturated rings. The van der Waals surface area contributed by atoms with Crippen LogP contribution in [0.3, 0.4) is 0 Å². The molecule has 1 heterocycles. The van der Waals surface area contributed by atoms with E-state index < -0.39 is 0 Å². The molecule has 0 spiro atoms. The lowest BCUT2D eigenvalue weighted by Gasteiger charge is -2.37. The SMILES string of the molecule is CCC(NC1CCOC(C)(C)C1)C(N)=NO. The summed E-state index contributed by atoms with van der Waals surface area (Å²) in [5.41, 5.74) is 5.53. The van der Waals surface area contributed by atoms with E-state index in [0.717, 1.165) is 25.9 Å². The third-order valence-electron chi connectivity index (χ3n) is 3.01. The molecule has 94 valence electrons. The molecule has 0 aromatic carbocycles. The summed E-state index contributed by atoms with van der Waals surface area (Å²) < 4.78 is 5.65. The van der Waals surface area contributed by atoms with Gasteiger partial charge in [0.25, 0.3) is 0 Å². The standard InChI is InChI=1S/C11H23N3O2/c1-4-9(10(12)14-15)13-8-5-6-16-11(2,3)7-8/h8-9,13,15H,4-7H2,1-3H3,(H2,12,14). The van der Waals surface area contributed by atoms with Crippen molar-refractivity contribution in [1.82, 2.24) is 5.32 Å². The number of nitrogens with two attached hydrogens (primary N) is 1. The Hall–Kier alpha value is -0.810. The van der Waals surface area contributed by atoms with Gasteiger partial charge in [-0.05, 0) is 33.1 Å². The van der Waals surface area contributed by atoms with E-state index in [2.05, 4.69) is 24.3 Å². The molecule has 4 N–H and O–H groups in total. The zero-order valence-corrected chi connectivity index (χ0v) is 10.4. The van der Waals surface area contributed by atoms with Crippen LogP contribution in [0.5, 0.6) is 0 Å². The monoisotopic (exact) mass is 229 g/mol. The maximum absolute atomic E-state index is 8.67. The first-order chi connectivity index (χ1) is 7.48. The largest absolute Gasteiger partial charge is 0.409 e. The smallest absolute Gasteiger partial charge is 0.156 e. The predicted octanol–water partition coefficient (Wildman–Crippen LogP) is 1.06. The van der Waals surface area contributed by atoms with Crippen LogP contribution in [0.2, 0.25) is 0 Å². The first kappa shape index (κ1) is 13.3. The number of nitrogens with one attached hydrogen (secondary N) is 1. The summed E-state index contributed by atoms with van der Waals surface area (Å²) in [7, 11) is 0. The second-order valence-corrected chi connectivity index (χ2v) is 4.95. The van der Waals surface area contributed by atoms with E-state index in [4.69, 9.17) is 15.7 Å². The Morgan fingerprint density at radius 1 is 1.69 bits per heavy atom. The quantitative estimate of drug-likeness (QED) is 0.291. The van der Waals surface area contributed by atoms with E-state index in [9.17, 15) is 0 Å². The van der Waals surface area contributed by atoms with Gasteiger partial charge in [-0.1, -0.05) is 12.1 Å². The van der Waals surface area contributed by atoms with Crippen molar-refractivity contribution in [2.24, 2.45) is 10.9 Å². The van der Waals surface area contributed by atoms with Crippen molar-refractivity contribution >= 4 is 5.84 Å². The summed E-state index contributed by atoms with van der Waals surface area (Å²) in [6.07, 6.45) is 2.73. The lowest BCUT2D eigenvalue weighted by atomic mass is 9.93. The third-order valence-corrected chi connectivity index (χ3v) is 3.01. The summed E-state index contributed by atoms with van der Waals surface area (Å²) in [4.78, 5) is 0. The van der Waals surface area contributed by atoms with Gasteiger partial charge in [0.2, 0.25) is 0 Å². The number of nitrogens with zero attached hydrogens (tertiary/aromatic N) is 1. The Morgan fingerprint density at radius 3 is 2.88 bits per heavy atom. The van der Waals surface area contributed by atoms with Crippen molar-refractivity contribution in [3.63, 3.8) is 0 Å². The van der Waals surface area contributed by atoms with Gasteiger partial charge in [-0.2, -0.15) is 0 Å². The molecule has 0 saturated carbocycles. The zero-order chi connectivity index (χ0) is 12.2. The van der Waals surface area contributed by atoms with Crippen molar-refractivity contribution in [2.45, 2.75) is 57.7 Å². The molecule has 0 bridgehead atoms. The van der Waals surface area contributed by atoms with E-state index in [1.54, 1.807) is 0 Å². The highest BCUT2D eigenvalue weighted by molar-refractivity contribution is 5.85. The minimum absolute atomic E-state index is 0.0519. The van der Waals surface area contributed by atoms with E-state index in [-0.39, 0.29) is 17.5 Å². The summed E-state index contributed by atoms with van der Waals surface area (Å²) in [5, 5.41) is 15.1. The minimum atomic E-state index is -0.0840. The van der Waals surface area contributed by atoms with E-state index >= 15 is 0 Å². The fourth-order valence-corrected chi connectivity index (χ4v) is 2.14. The second kappa shape index (κ2) is 5.50. The van der Waals surface area contributed by atoms with Crippen molar-refractivity contribution in [2.75, 3.05) is 6.61 Å². The number of amidine groups is 1. The highest BCUT2D eigenvalue weighted by Crippen LogP contribution is 2.24. The Bertz CT molecular complexity index is 254. The predicted molar refractivity (Wildman–Crippen MR) is 63.7 cm³/mol. The van der Waals surface area contributed by atoms with E-state index in [0.29, 0.717) is 6.04 Å². The molecule has 0 aromatic heterocycles. The molecule has 0 aliphatic carbocycles. The average Bonchev–Trinajstić information content (AvgIpc) is 2.23. The van der Waals surface area contributed by atoms with Crippen LogP contribution in [0.1, 0.15) is 40.0 Å². The molecule has 1 rings (SSSR count). The van der Waals surface area contributed by atoms with Crippen LogP contribution in [0, 0.1) is 0 Å². The van der Waals surface area contributed by atoms with Crippen LogP contribution in [-0.2, 0) is 4.74 Å². The molecule has 1 aliphatic heterocycles. The minimum Gasteiger partial charge on any atom is -0.409 e. The summed E-state index contributed by atoms with van der Waals surface area (Å²) in [6.45, 7) is 6.95. The third kappa shape index (κ3) is 3.64. The topological polar surface area (TPSA) is 79.9 Å². The van der Waals surface area contributed by atoms with Crippen LogP contribution in [0.15, 0.2) is 5.16 Å². The van der Waals surface area contributed by atoms with Gasteiger partial charge in [0.05, 0.1) is 11.6 Å². The maximum Gasteiger partial charge on any atom is 0.156 e. The Kier molecular flexibility index (Phi) is 4.56.